The number of nitrogens with one attached hydrogen (secondary N) is 1. The largest absolute Gasteiger partial charge is 0.434 e. The van der Waals surface area contributed by atoms with Crippen LogP contribution in [0.15, 0.2) is 6.33 Å². The van der Waals surface area contributed by atoms with Gasteiger partial charge in [0.05, 0.1) is 0 Å². The van der Waals surface area contributed by atoms with Gasteiger partial charge in [0.25, 0.3) is 0 Å². The Morgan fingerprint density at radius 2 is 2.15 bits per heavy atom. The van der Waals surface area contributed by atoms with Gasteiger partial charge < -0.3 is 5.73 Å². The van der Waals surface area contributed by atoms with E-state index >= 15 is 0 Å². The van der Waals surface area contributed by atoms with E-state index in [1.54, 1.807) is 0 Å². The van der Waals surface area contributed by atoms with E-state index in [0.29, 0.717) is 0 Å². The van der Waals surface area contributed by atoms with Gasteiger partial charge in [0.1, 0.15) is 12.0 Å². The maximum absolute atomic E-state index is 12.2. The molecule has 0 aromatic carbocycles. The number of aromatic nitrogens is 4. The Balaban J connectivity index is 2.71. The van der Waals surface area contributed by atoms with E-state index in [4.69, 9.17) is 5.73 Å². The number of halogens is 3. The summed E-state index contributed by atoms with van der Waals surface area (Å²) in [4.78, 5) is 0. The van der Waals surface area contributed by atoms with Crippen LogP contribution in [0.25, 0.3) is 5.65 Å². The molecule has 0 unspecified atom stereocenters. The van der Waals surface area contributed by atoms with Crippen molar-refractivity contribution in [3.8, 4) is 0 Å². The highest BCUT2D eigenvalue weighted by Gasteiger charge is 2.36. The molecule has 0 fully saturated rings. The lowest BCUT2D eigenvalue weighted by molar-refractivity contribution is -0.140. The smallest absolute Gasteiger partial charge is 0.394 e. The average Bonchev–Trinajstić information content (AvgIpc) is 2.51. The molecule has 0 saturated heterocycles. The number of anilines is 1. The fraction of sp³-hybridized carbons (Fsp3) is 0.200. The van der Waals surface area contributed by atoms with Gasteiger partial charge in [0.2, 0.25) is 5.65 Å². The fourth-order valence-corrected chi connectivity index (χ4v) is 1.01. The molecular weight excluding hydrogens is 187 g/mol. The molecule has 2 aromatic rings. The molecule has 0 bridgehead atoms. The van der Waals surface area contributed by atoms with Gasteiger partial charge in [-0.1, -0.05) is 0 Å². The van der Waals surface area contributed by atoms with Gasteiger partial charge >= 0.3 is 6.18 Å². The molecule has 0 amide bonds. The normalized spacial score (nSPS) is 12.5. The molecule has 3 N–H and O–H groups in total. The molecule has 5 nitrogen and oxygen atoms in total. The minimum absolute atomic E-state index is 0.0210. The van der Waals surface area contributed by atoms with E-state index < -0.39 is 17.6 Å². The van der Waals surface area contributed by atoms with Crippen molar-refractivity contribution in [2.24, 2.45) is 0 Å². The molecule has 0 radical (unpaired) electrons. The van der Waals surface area contributed by atoms with Crippen LogP contribution in [-0.4, -0.2) is 19.8 Å². The summed E-state index contributed by atoms with van der Waals surface area (Å²) in [6.45, 7) is 0. The van der Waals surface area contributed by atoms with Gasteiger partial charge in [-0.15, -0.1) is 10.2 Å². The van der Waals surface area contributed by atoms with E-state index in [0.717, 1.165) is 10.8 Å². The van der Waals surface area contributed by atoms with Gasteiger partial charge in [-0.05, 0) is 0 Å². The standard InChI is InChI=1S/C5H4F3N5/c6-5(7,8)3-2(9)4-11-10-1-13(4)12-3/h1,12H,9H2. The lowest BCUT2D eigenvalue weighted by Crippen LogP contribution is -2.08. The third-order valence-electron chi connectivity index (χ3n) is 1.57. The monoisotopic (exact) mass is 191 g/mol. The van der Waals surface area contributed by atoms with Crippen LogP contribution >= 0.6 is 0 Å². The number of aromatic amines is 1. The second kappa shape index (κ2) is 2.15. The molecule has 0 aliphatic carbocycles. The number of nitrogen functional groups attached to an aromatic ring is 1. The predicted octanol–water partition coefficient (Wildman–Crippen LogP) is 0.658. The van der Waals surface area contributed by atoms with Crippen LogP contribution < -0.4 is 5.73 Å². The maximum Gasteiger partial charge on any atom is 0.434 e. The molecule has 2 aromatic heterocycles. The molecule has 2 heterocycles. The fourth-order valence-electron chi connectivity index (χ4n) is 1.01. The molecule has 13 heavy (non-hydrogen) atoms. The number of alkyl halides is 3. The first-order chi connectivity index (χ1) is 6.00. The number of hydrogen-bond donors (Lipinski definition) is 2. The quantitative estimate of drug-likeness (QED) is 0.642. The van der Waals surface area contributed by atoms with Crippen molar-refractivity contribution in [3.63, 3.8) is 0 Å². The second-order valence-electron chi connectivity index (χ2n) is 2.42. The van der Waals surface area contributed by atoms with Crippen LogP contribution in [0.2, 0.25) is 0 Å². The van der Waals surface area contributed by atoms with Gasteiger partial charge in [0, 0.05) is 0 Å². The maximum atomic E-state index is 12.2. The zero-order chi connectivity index (χ0) is 9.64. The highest BCUT2D eigenvalue weighted by atomic mass is 19.4. The molecule has 0 spiro atoms. The first-order valence-corrected chi connectivity index (χ1v) is 3.24. The lowest BCUT2D eigenvalue weighted by atomic mass is 10.3. The number of fused-ring (bicyclic) bond motifs is 1. The van der Waals surface area contributed by atoms with Crippen molar-refractivity contribution >= 4 is 11.3 Å². The van der Waals surface area contributed by atoms with E-state index in [2.05, 4.69) is 10.2 Å². The van der Waals surface area contributed by atoms with E-state index in [1.807, 2.05) is 5.10 Å². The molecule has 0 saturated carbocycles. The van der Waals surface area contributed by atoms with Crippen molar-refractivity contribution in [3.05, 3.63) is 12.0 Å². The molecular formula is C5H4F3N5. The minimum Gasteiger partial charge on any atom is -0.394 e. The average molecular weight is 191 g/mol. The molecule has 0 aliphatic heterocycles. The summed E-state index contributed by atoms with van der Waals surface area (Å²) < 4.78 is 37.6. The summed E-state index contributed by atoms with van der Waals surface area (Å²) in [5.41, 5.74) is 3.73. The first kappa shape index (κ1) is 7.90. The van der Waals surface area contributed by atoms with E-state index in [-0.39, 0.29) is 5.65 Å². The Kier molecular flexibility index (Phi) is 1.30. The topological polar surface area (TPSA) is 72.0 Å². The van der Waals surface area contributed by atoms with Crippen molar-refractivity contribution in [1.82, 2.24) is 19.8 Å². The summed E-state index contributed by atoms with van der Waals surface area (Å²) in [5, 5.41) is 8.81. The van der Waals surface area contributed by atoms with E-state index in [1.165, 1.54) is 0 Å². The van der Waals surface area contributed by atoms with Crippen molar-refractivity contribution < 1.29 is 13.2 Å². The zero-order valence-electron chi connectivity index (χ0n) is 6.13. The number of H-pyrrole nitrogens is 1. The van der Waals surface area contributed by atoms with Gasteiger partial charge in [-0.3, -0.25) is 5.10 Å². The van der Waals surface area contributed by atoms with E-state index in [9.17, 15) is 13.2 Å². The van der Waals surface area contributed by atoms with Crippen LogP contribution in [0.4, 0.5) is 18.9 Å². The van der Waals surface area contributed by atoms with Crippen LogP contribution in [0, 0.1) is 0 Å². The highest BCUT2D eigenvalue weighted by Crippen LogP contribution is 2.33. The zero-order valence-corrected chi connectivity index (χ0v) is 6.13. The summed E-state index contributed by atoms with van der Waals surface area (Å²) in [7, 11) is 0. The Bertz CT molecular complexity index is 438. The number of nitrogens with zero attached hydrogens (tertiary/aromatic N) is 3. The summed E-state index contributed by atoms with van der Waals surface area (Å²) in [6, 6.07) is 0. The van der Waals surface area contributed by atoms with Crippen LogP contribution in [0.3, 0.4) is 0 Å². The molecule has 0 atom stereocenters. The lowest BCUT2D eigenvalue weighted by Gasteiger charge is -2.02. The Morgan fingerprint density at radius 1 is 1.46 bits per heavy atom. The number of rotatable bonds is 0. The Labute approximate surface area is 69.3 Å². The van der Waals surface area contributed by atoms with Crippen LogP contribution in [-0.2, 0) is 6.18 Å². The number of nitrogens with two attached hydrogens (primary N) is 1. The van der Waals surface area contributed by atoms with Crippen molar-refractivity contribution in [2.75, 3.05) is 5.73 Å². The van der Waals surface area contributed by atoms with Gasteiger partial charge in [-0.2, -0.15) is 13.2 Å². The first-order valence-electron chi connectivity index (χ1n) is 3.24. The summed E-state index contributed by atoms with van der Waals surface area (Å²) >= 11 is 0. The number of hydrogen-bond acceptors (Lipinski definition) is 3. The Morgan fingerprint density at radius 3 is 2.69 bits per heavy atom. The minimum atomic E-state index is -4.50. The highest BCUT2D eigenvalue weighted by molar-refractivity contribution is 5.67. The van der Waals surface area contributed by atoms with Crippen LogP contribution in [0.1, 0.15) is 5.69 Å². The van der Waals surface area contributed by atoms with Crippen molar-refractivity contribution in [1.29, 1.82) is 0 Å². The molecule has 8 heteroatoms. The SMILES string of the molecule is Nc1c(C(F)(F)F)[nH]n2cnnc12. The van der Waals surface area contributed by atoms with Crippen molar-refractivity contribution in [2.45, 2.75) is 6.18 Å². The molecule has 70 valence electrons. The van der Waals surface area contributed by atoms with Crippen LogP contribution in [0.5, 0.6) is 0 Å². The molecule has 2 rings (SSSR count). The van der Waals surface area contributed by atoms with Gasteiger partial charge in [0.15, 0.2) is 5.69 Å². The third-order valence-corrected chi connectivity index (χ3v) is 1.57. The Hall–Kier alpha value is -1.73. The second-order valence-corrected chi connectivity index (χ2v) is 2.42. The summed E-state index contributed by atoms with van der Waals surface area (Å²) in [6.07, 6.45) is -3.38. The predicted molar refractivity (Wildman–Crippen MR) is 36.8 cm³/mol. The molecule has 0 aliphatic rings. The summed E-state index contributed by atoms with van der Waals surface area (Å²) in [5.74, 6) is 0. The van der Waals surface area contributed by atoms with Gasteiger partial charge in [-0.25, -0.2) is 4.52 Å². The third kappa shape index (κ3) is 1.02.